The van der Waals surface area contributed by atoms with Crippen molar-refractivity contribution in [3.63, 3.8) is 0 Å². The lowest BCUT2D eigenvalue weighted by Crippen LogP contribution is -2.56. The lowest BCUT2D eigenvalue weighted by atomic mass is 9.69. The second-order valence-corrected chi connectivity index (χ2v) is 13.1. The van der Waals surface area contributed by atoms with Gasteiger partial charge in [-0.2, -0.15) is 9.97 Å². The van der Waals surface area contributed by atoms with Crippen LogP contribution in [0.2, 0.25) is 5.02 Å². The summed E-state index contributed by atoms with van der Waals surface area (Å²) in [6.07, 6.45) is 5.37. The molecule has 1 saturated carbocycles. The second-order valence-electron chi connectivity index (χ2n) is 12.7. The summed E-state index contributed by atoms with van der Waals surface area (Å²) in [4.78, 5) is 34.5. The van der Waals surface area contributed by atoms with Crippen molar-refractivity contribution < 1.29 is 13.9 Å². The van der Waals surface area contributed by atoms with Gasteiger partial charge in [0.25, 0.3) is 0 Å². The van der Waals surface area contributed by atoms with Gasteiger partial charge in [0, 0.05) is 54.8 Å². The summed E-state index contributed by atoms with van der Waals surface area (Å²) in [5.74, 6) is 0.192. The first kappa shape index (κ1) is 31.1. The van der Waals surface area contributed by atoms with Gasteiger partial charge in [-0.3, -0.25) is 4.79 Å². The Morgan fingerprint density at radius 3 is 2.76 bits per heavy atom. The number of carbonyl (C=O) groups is 1. The standard InChI is InChI=1S/C34H39ClFN7O2/c1-5-29(44)43-17-16-42(19-24(43)18-37-2)32-25-12-15-41(28-9-6-8-23-10-11-26(36)31(35)30(23)28)20-27(25)38-33(39-32)45-22-34(13-7-14-34)21-40(3)4/h5-6,8-11,24H,1,7,12-22H2,3-4H3/t24-/m0/s1. The predicted molar refractivity (Wildman–Crippen MR) is 175 cm³/mol. The van der Waals surface area contributed by atoms with E-state index >= 15 is 0 Å². The van der Waals surface area contributed by atoms with Crippen LogP contribution in [0.4, 0.5) is 15.9 Å². The number of aromatic nitrogens is 2. The van der Waals surface area contributed by atoms with Gasteiger partial charge >= 0.3 is 6.01 Å². The number of carbonyl (C=O) groups excluding carboxylic acids is 1. The summed E-state index contributed by atoms with van der Waals surface area (Å²) >= 11 is 6.51. The molecule has 3 aliphatic rings. The molecule has 0 radical (unpaired) electrons. The fourth-order valence-electron chi connectivity index (χ4n) is 7.10. The van der Waals surface area contributed by atoms with Crippen molar-refractivity contribution in [3.05, 3.63) is 76.5 Å². The minimum Gasteiger partial charge on any atom is -0.463 e. The molecule has 9 nitrogen and oxygen atoms in total. The zero-order valence-corrected chi connectivity index (χ0v) is 26.7. The molecule has 1 amide bonds. The van der Waals surface area contributed by atoms with Crippen molar-refractivity contribution in [2.75, 3.05) is 69.8 Å². The van der Waals surface area contributed by atoms with Crippen molar-refractivity contribution in [2.24, 2.45) is 5.41 Å². The molecule has 0 bridgehead atoms. The molecule has 1 saturated heterocycles. The third kappa shape index (κ3) is 6.16. The number of benzene rings is 2. The Kier molecular flexibility index (Phi) is 8.85. The molecule has 3 heterocycles. The van der Waals surface area contributed by atoms with Gasteiger partial charge in [0.05, 0.1) is 23.9 Å². The molecule has 6 rings (SSSR count). The molecule has 3 aromatic rings. The number of fused-ring (bicyclic) bond motifs is 2. The number of anilines is 2. The summed E-state index contributed by atoms with van der Waals surface area (Å²) < 4.78 is 21.0. The van der Waals surface area contributed by atoms with Crippen LogP contribution < -0.4 is 14.5 Å². The van der Waals surface area contributed by atoms with Crippen molar-refractivity contribution >= 4 is 39.8 Å². The van der Waals surface area contributed by atoms with E-state index in [9.17, 15) is 9.18 Å². The first-order valence-electron chi connectivity index (χ1n) is 15.5. The van der Waals surface area contributed by atoms with Crippen LogP contribution in [0.5, 0.6) is 6.01 Å². The van der Waals surface area contributed by atoms with E-state index in [0.29, 0.717) is 57.1 Å². The fourth-order valence-corrected chi connectivity index (χ4v) is 7.37. The van der Waals surface area contributed by atoms with Crippen molar-refractivity contribution in [1.82, 2.24) is 19.8 Å². The second kappa shape index (κ2) is 12.8. The molecule has 2 aliphatic heterocycles. The Hall–Kier alpha value is -3.94. The molecule has 1 atom stereocenters. The number of amides is 1. The molecule has 2 fully saturated rings. The van der Waals surface area contributed by atoms with Crippen LogP contribution >= 0.6 is 11.6 Å². The van der Waals surface area contributed by atoms with Gasteiger partial charge in [0.1, 0.15) is 17.7 Å². The Morgan fingerprint density at radius 2 is 2.04 bits per heavy atom. The summed E-state index contributed by atoms with van der Waals surface area (Å²) in [5.41, 5.74) is 2.83. The van der Waals surface area contributed by atoms with Crippen LogP contribution in [0.15, 0.2) is 43.0 Å². The Labute approximate surface area is 269 Å². The van der Waals surface area contributed by atoms with E-state index < -0.39 is 5.82 Å². The maximum absolute atomic E-state index is 14.6. The molecule has 2 aromatic carbocycles. The Bertz CT molecular complexity index is 1650. The number of hydrogen-bond donors (Lipinski definition) is 0. The van der Waals surface area contributed by atoms with Crippen LogP contribution in [0.25, 0.3) is 15.6 Å². The molecule has 45 heavy (non-hydrogen) atoms. The van der Waals surface area contributed by atoms with Gasteiger partial charge in [-0.1, -0.05) is 42.8 Å². The van der Waals surface area contributed by atoms with Gasteiger partial charge in [-0.15, -0.1) is 0 Å². The maximum Gasteiger partial charge on any atom is 0.318 e. The first-order valence-corrected chi connectivity index (χ1v) is 15.9. The molecule has 11 heteroatoms. The van der Waals surface area contributed by atoms with Crippen molar-refractivity contribution in [2.45, 2.75) is 38.3 Å². The number of hydrogen-bond acceptors (Lipinski definition) is 7. The number of ether oxygens (including phenoxy) is 1. The van der Waals surface area contributed by atoms with Crippen LogP contribution in [-0.2, 0) is 17.8 Å². The number of rotatable bonds is 9. The summed E-state index contributed by atoms with van der Waals surface area (Å²) in [6.45, 7) is 15.5. The third-order valence-corrected chi connectivity index (χ3v) is 9.76. The largest absolute Gasteiger partial charge is 0.463 e. The highest BCUT2D eigenvalue weighted by molar-refractivity contribution is 6.36. The topological polar surface area (TPSA) is 69.4 Å². The molecular formula is C34H39ClFN7O2. The minimum absolute atomic E-state index is 0.0795. The first-order chi connectivity index (χ1) is 21.7. The average molecular weight is 632 g/mol. The SMILES string of the molecule is [C-]#[N+]C[C@H]1CN(c2nc(OCC3(CN(C)C)CCC3)nc3c2CCN(c2cccc4ccc(F)c(Cl)c24)C3)CCN1C(=O)C=C. The van der Waals surface area contributed by atoms with Crippen molar-refractivity contribution in [3.8, 4) is 6.01 Å². The maximum atomic E-state index is 14.6. The van der Waals surface area contributed by atoms with Crippen LogP contribution in [0.1, 0.15) is 30.5 Å². The third-order valence-electron chi connectivity index (χ3n) is 9.39. The van der Waals surface area contributed by atoms with Gasteiger partial charge in [-0.25, -0.2) is 11.0 Å². The summed E-state index contributed by atoms with van der Waals surface area (Å²) in [5, 5.41) is 1.68. The highest BCUT2D eigenvalue weighted by Crippen LogP contribution is 2.42. The number of halogens is 2. The van der Waals surface area contributed by atoms with Gasteiger partial charge < -0.3 is 29.2 Å². The molecule has 1 aromatic heterocycles. The number of nitrogens with zero attached hydrogens (tertiary/aromatic N) is 7. The van der Waals surface area contributed by atoms with Crippen LogP contribution in [-0.4, -0.2) is 91.7 Å². The quantitative estimate of drug-likeness (QED) is 0.237. The normalized spacial score (nSPS) is 19.2. The highest BCUT2D eigenvalue weighted by Gasteiger charge is 2.39. The van der Waals surface area contributed by atoms with E-state index in [-0.39, 0.29) is 28.9 Å². The van der Waals surface area contributed by atoms with E-state index in [0.717, 1.165) is 47.5 Å². The Balaban J connectivity index is 1.35. The highest BCUT2D eigenvalue weighted by atomic mass is 35.5. The predicted octanol–water partition coefficient (Wildman–Crippen LogP) is 5.22. The molecule has 1 aliphatic carbocycles. The lowest BCUT2D eigenvalue weighted by molar-refractivity contribution is -0.128. The monoisotopic (exact) mass is 631 g/mol. The van der Waals surface area contributed by atoms with Crippen LogP contribution in [0, 0.1) is 17.8 Å². The number of piperazine rings is 1. The van der Waals surface area contributed by atoms with E-state index in [1.54, 1.807) is 11.0 Å². The smallest absolute Gasteiger partial charge is 0.318 e. The van der Waals surface area contributed by atoms with Crippen molar-refractivity contribution in [1.29, 1.82) is 0 Å². The van der Waals surface area contributed by atoms with Gasteiger partial charge in [0.2, 0.25) is 12.5 Å². The molecule has 0 unspecified atom stereocenters. The fraction of sp³-hybridized carbons (Fsp3) is 0.471. The minimum atomic E-state index is -0.444. The van der Waals surface area contributed by atoms with Crippen LogP contribution in [0.3, 0.4) is 0 Å². The molecular weight excluding hydrogens is 593 g/mol. The average Bonchev–Trinajstić information content (AvgIpc) is 3.02. The molecule has 236 valence electrons. The lowest BCUT2D eigenvalue weighted by Gasteiger charge is -2.43. The zero-order chi connectivity index (χ0) is 31.7. The van der Waals surface area contributed by atoms with E-state index in [1.807, 2.05) is 18.2 Å². The summed E-state index contributed by atoms with van der Waals surface area (Å²) in [6, 6.07) is 9.10. The van der Waals surface area contributed by atoms with E-state index in [2.05, 4.69) is 40.2 Å². The zero-order valence-electron chi connectivity index (χ0n) is 25.9. The van der Waals surface area contributed by atoms with Gasteiger partial charge in [0.15, 0.2) is 0 Å². The summed E-state index contributed by atoms with van der Waals surface area (Å²) in [7, 11) is 4.17. The van der Waals surface area contributed by atoms with E-state index in [1.165, 1.54) is 18.6 Å². The Morgan fingerprint density at radius 1 is 1.22 bits per heavy atom. The molecule has 0 spiro atoms. The van der Waals surface area contributed by atoms with Gasteiger partial charge in [-0.05, 0) is 57.0 Å². The molecule has 0 N–H and O–H groups in total. The van der Waals surface area contributed by atoms with E-state index in [4.69, 9.17) is 32.9 Å².